The number of fused-ring (bicyclic) bond motifs is 1. The summed E-state index contributed by atoms with van der Waals surface area (Å²) < 4.78 is 0. The smallest absolute Gasteiger partial charge is 0.335 e. The van der Waals surface area contributed by atoms with Gasteiger partial charge in [-0.1, -0.05) is 18.2 Å². The van der Waals surface area contributed by atoms with Crippen LogP contribution in [0.1, 0.15) is 16.1 Å². The largest absolute Gasteiger partial charge is 0.478 e. The number of carbonyl (C=O) groups is 1. The van der Waals surface area contributed by atoms with Crippen LogP contribution in [0.4, 0.5) is 0 Å². The molecule has 0 unspecified atom stereocenters. The number of benzene rings is 2. The number of nitrogens with zero attached hydrogens (tertiary/aromatic N) is 2. The molecule has 0 aliphatic heterocycles. The molecule has 0 radical (unpaired) electrons. The number of hydrogen-bond donors (Lipinski definition) is 1. The van der Waals surface area contributed by atoms with Gasteiger partial charge in [-0.3, -0.25) is 0 Å². The third-order valence-corrected chi connectivity index (χ3v) is 3.14. The van der Waals surface area contributed by atoms with Crippen molar-refractivity contribution in [1.82, 2.24) is 9.97 Å². The van der Waals surface area contributed by atoms with E-state index >= 15 is 0 Å². The van der Waals surface area contributed by atoms with E-state index in [0.29, 0.717) is 5.82 Å². The van der Waals surface area contributed by atoms with Gasteiger partial charge in [0.2, 0.25) is 0 Å². The molecule has 3 rings (SSSR count). The van der Waals surface area contributed by atoms with Gasteiger partial charge in [0.15, 0.2) is 5.82 Å². The lowest BCUT2D eigenvalue weighted by atomic mass is 10.0. The van der Waals surface area contributed by atoms with Crippen LogP contribution >= 0.6 is 12.4 Å². The van der Waals surface area contributed by atoms with Crippen LogP contribution in [0.3, 0.4) is 0 Å². The number of rotatable bonds is 2. The zero-order chi connectivity index (χ0) is 14.1. The second-order valence-corrected chi connectivity index (χ2v) is 4.60. The van der Waals surface area contributed by atoms with Gasteiger partial charge < -0.3 is 5.11 Å². The van der Waals surface area contributed by atoms with Gasteiger partial charge >= 0.3 is 5.97 Å². The summed E-state index contributed by atoms with van der Waals surface area (Å²) in [4.78, 5) is 19.6. The van der Waals surface area contributed by atoms with Crippen LogP contribution in [0.15, 0.2) is 48.7 Å². The van der Waals surface area contributed by atoms with Crippen molar-refractivity contribution in [2.24, 2.45) is 0 Å². The highest BCUT2D eigenvalue weighted by atomic mass is 35.5. The van der Waals surface area contributed by atoms with E-state index in [1.54, 1.807) is 24.4 Å². The van der Waals surface area contributed by atoms with Gasteiger partial charge in [-0.25, -0.2) is 14.8 Å². The quantitative estimate of drug-likeness (QED) is 0.783. The number of carboxylic acid groups (broad SMARTS) is 1. The first kappa shape index (κ1) is 14.9. The maximum atomic E-state index is 11.0. The molecule has 0 bridgehead atoms. The van der Waals surface area contributed by atoms with Crippen molar-refractivity contribution in [2.75, 3.05) is 0 Å². The van der Waals surface area contributed by atoms with Crippen molar-refractivity contribution in [3.63, 3.8) is 0 Å². The van der Waals surface area contributed by atoms with Crippen LogP contribution < -0.4 is 0 Å². The van der Waals surface area contributed by atoms with Crippen molar-refractivity contribution in [2.45, 2.75) is 6.92 Å². The van der Waals surface area contributed by atoms with Gasteiger partial charge in [-0.15, -0.1) is 12.4 Å². The fourth-order valence-corrected chi connectivity index (χ4v) is 2.11. The van der Waals surface area contributed by atoms with Gasteiger partial charge in [0.25, 0.3) is 0 Å². The number of aromatic carboxylic acids is 1. The van der Waals surface area contributed by atoms with Crippen molar-refractivity contribution < 1.29 is 9.90 Å². The van der Waals surface area contributed by atoms with E-state index in [1.165, 1.54) is 0 Å². The normalized spacial score (nSPS) is 10.1. The van der Waals surface area contributed by atoms with Crippen molar-refractivity contribution in [3.8, 4) is 11.4 Å². The summed E-state index contributed by atoms with van der Waals surface area (Å²) in [6.45, 7) is 1.92. The van der Waals surface area contributed by atoms with Crippen molar-refractivity contribution in [3.05, 3.63) is 59.9 Å². The van der Waals surface area contributed by atoms with Crippen LogP contribution in [0.2, 0.25) is 0 Å². The van der Waals surface area contributed by atoms with E-state index in [4.69, 9.17) is 5.11 Å². The molecule has 0 spiro atoms. The van der Waals surface area contributed by atoms with E-state index < -0.39 is 5.97 Å². The van der Waals surface area contributed by atoms with E-state index in [9.17, 15) is 4.79 Å². The third kappa shape index (κ3) is 3.01. The molecule has 0 saturated heterocycles. The van der Waals surface area contributed by atoms with Crippen LogP contribution in [0, 0.1) is 6.92 Å². The SMILES string of the molecule is Cc1ccnc(-c2ccc3cc(C(=O)O)ccc3c2)n1.Cl. The predicted octanol–water partition coefficient (Wildman–Crippen LogP) is 3.73. The molecular formula is C16H13ClN2O2. The average Bonchev–Trinajstić information content (AvgIpc) is 2.46. The van der Waals surface area contributed by atoms with E-state index in [-0.39, 0.29) is 18.0 Å². The maximum Gasteiger partial charge on any atom is 0.335 e. The molecule has 2 aromatic carbocycles. The number of aryl methyl sites for hydroxylation is 1. The topological polar surface area (TPSA) is 63.1 Å². The molecule has 0 amide bonds. The van der Waals surface area contributed by atoms with Gasteiger partial charge in [-0.05, 0) is 42.0 Å². The lowest BCUT2D eigenvalue weighted by Crippen LogP contribution is -1.95. The fourth-order valence-electron chi connectivity index (χ4n) is 2.11. The molecule has 0 atom stereocenters. The number of aromatic nitrogens is 2. The van der Waals surface area contributed by atoms with Gasteiger partial charge in [0.1, 0.15) is 0 Å². The van der Waals surface area contributed by atoms with E-state index in [1.807, 2.05) is 31.2 Å². The maximum absolute atomic E-state index is 11.0. The van der Waals surface area contributed by atoms with Crippen LogP contribution in [0.25, 0.3) is 22.2 Å². The predicted molar refractivity (Wildman–Crippen MR) is 83.9 cm³/mol. The minimum Gasteiger partial charge on any atom is -0.478 e. The summed E-state index contributed by atoms with van der Waals surface area (Å²) in [7, 11) is 0. The molecule has 1 heterocycles. The summed E-state index contributed by atoms with van der Waals surface area (Å²) in [5.74, 6) is -0.243. The highest BCUT2D eigenvalue weighted by molar-refractivity contribution is 5.95. The second-order valence-electron chi connectivity index (χ2n) is 4.60. The molecule has 3 aromatic rings. The summed E-state index contributed by atoms with van der Waals surface area (Å²) in [5, 5.41) is 10.8. The summed E-state index contributed by atoms with van der Waals surface area (Å²) in [6, 6.07) is 12.7. The van der Waals surface area contributed by atoms with E-state index in [0.717, 1.165) is 22.0 Å². The molecule has 0 fully saturated rings. The molecule has 5 heteroatoms. The Morgan fingerprint density at radius 3 is 2.48 bits per heavy atom. The minimum atomic E-state index is -0.919. The summed E-state index contributed by atoms with van der Waals surface area (Å²) in [6.07, 6.45) is 1.73. The first-order valence-corrected chi connectivity index (χ1v) is 6.20. The Bertz CT molecular complexity index is 818. The van der Waals surface area contributed by atoms with Gasteiger partial charge in [0.05, 0.1) is 5.56 Å². The molecule has 1 aromatic heterocycles. The highest BCUT2D eigenvalue weighted by Crippen LogP contribution is 2.23. The first-order chi connectivity index (χ1) is 9.63. The Morgan fingerprint density at radius 1 is 1.05 bits per heavy atom. The lowest BCUT2D eigenvalue weighted by Gasteiger charge is -2.04. The number of hydrogen-bond acceptors (Lipinski definition) is 3. The average molecular weight is 301 g/mol. The molecule has 0 aliphatic rings. The standard InChI is InChI=1S/C16H12N2O2.ClH/c1-10-6-7-17-15(18-10)13-4-2-12-9-14(16(19)20)5-3-11(12)8-13;/h2-9H,1H3,(H,19,20);1H. The lowest BCUT2D eigenvalue weighted by molar-refractivity contribution is 0.0697. The molecule has 0 aliphatic carbocycles. The van der Waals surface area contributed by atoms with Gasteiger partial charge in [-0.2, -0.15) is 0 Å². The zero-order valence-corrected chi connectivity index (χ0v) is 12.1. The Kier molecular flexibility index (Phi) is 4.19. The Morgan fingerprint density at radius 2 is 1.76 bits per heavy atom. The van der Waals surface area contributed by atoms with Crippen LogP contribution in [0.5, 0.6) is 0 Å². The summed E-state index contributed by atoms with van der Waals surface area (Å²) in [5.41, 5.74) is 2.12. The minimum absolute atomic E-state index is 0. The first-order valence-electron chi connectivity index (χ1n) is 6.20. The molecule has 4 nitrogen and oxygen atoms in total. The van der Waals surface area contributed by atoms with E-state index in [2.05, 4.69) is 9.97 Å². The molecule has 106 valence electrons. The second kappa shape index (κ2) is 5.89. The molecule has 1 N–H and O–H groups in total. The number of carboxylic acids is 1. The molecular weight excluding hydrogens is 288 g/mol. The molecule has 0 saturated carbocycles. The van der Waals surface area contributed by atoms with Crippen molar-refractivity contribution >= 4 is 29.1 Å². The van der Waals surface area contributed by atoms with Crippen LogP contribution in [-0.4, -0.2) is 21.0 Å². The zero-order valence-electron chi connectivity index (χ0n) is 11.3. The Hall–Kier alpha value is -2.46. The van der Waals surface area contributed by atoms with Crippen LogP contribution in [-0.2, 0) is 0 Å². The fraction of sp³-hybridized carbons (Fsp3) is 0.0625. The third-order valence-electron chi connectivity index (χ3n) is 3.14. The summed E-state index contributed by atoms with van der Waals surface area (Å²) >= 11 is 0. The molecule has 21 heavy (non-hydrogen) atoms. The number of halogens is 1. The Labute approximate surface area is 127 Å². The Balaban J connectivity index is 0.00000161. The monoisotopic (exact) mass is 300 g/mol. The van der Waals surface area contributed by atoms with Gasteiger partial charge in [0, 0.05) is 17.5 Å². The van der Waals surface area contributed by atoms with Crippen molar-refractivity contribution in [1.29, 1.82) is 0 Å². The highest BCUT2D eigenvalue weighted by Gasteiger charge is 2.06.